The minimum Gasteiger partial charge on any atom is -0.497 e. The third-order valence-corrected chi connectivity index (χ3v) is 5.32. The number of nitrogens with zero attached hydrogens (tertiary/aromatic N) is 2. The minimum absolute atomic E-state index is 0.0556. The average molecular weight is 433 g/mol. The number of rotatable bonds is 7. The molecule has 3 rings (SSSR count). The zero-order valence-corrected chi connectivity index (χ0v) is 18.7. The fourth-order valence-electron chi connectivity index (χ4n) is 3.38. The van der Waals surface area contributed by atoms with Crippen molar-refractivity contribution in [2.24, 2.45) is 5.92 Å². The summed E-state index contributed by atoms with van der Waals surface area (Å²) in [6, 6.07) is 11.3. The van der Waals surface area contributed by atoms with Gasteiger partial charge in [-0.2, -0.15) is 0 Å². The molecule has 1 aliphatic rings. The van der Waals surface area contributed by atoms with Crippen LogP contribution in [0.3, 0.4) is 0 Å². The van der Waals surface area contributed by atoms with Gasteiger partial charge in [-0.15, -0.1) is 0 Å². The van der Waals surface area contributed by atoms with Gasteiger partial charge in [-0.1, -0.05) is 25.4 Å². The number of hydrogen-bond donors (Lipinski definition) is 0. The highest BCUT2D eigenvalue weighted by molar-refractivity contribution is 6.32. The number of carbonyl (C=O) groups excluding carboxylic acids is 1. The van der Waals surface area contributed by atoms with Gasteiger partial charge in [0.25, 0.3) is 5.91 Å². The van der Waals surface area contributed by atoms with Crippen LogP contribution in [0.25, 0.3) is 0 Å². The Kier molecular flexibility index (Phi) is 7.32. The molecule has 162 valence electrons. The summed E-state index contributed by atoms with van der Waals surface area (Å²) in [5.41, 5.74) is 1.63. The zero-order valence-electron chi connectivity index (χ0n) is 18.0. The summed E-state index contributed by atoms with van der Waals surface area (Å²) in [7, 11) is 3.21. The fraction of sp³-hybridized carbons (Fsp3) is 0.435. The Balaban J connectivity index is 1.67. The molecule has 0 aromatic heterocycles. The van der Waals surface area contributed by atoms with E-state index in [9.17, 15) is 4.79 Å². The molecule has 1 aliphatic heterocycles. The molecule has 30 heavy (non-hydrogen) atoms. The van der Waals surface area contributed by atoms with Crippen molar-refractivity contribution in [1.29, 1.82) is 0 Å². The predicted octanol–water partition coefficient (Wildman–Crippen LogP) is 4.35. The lowest BCUT2D eigenvalue weighted by Crippen LogP contribution is -2.48. The van der Waals surface area contributed by atoms with Crippen LogP contribution in [-0.4, -0.2) is 57.8 Å². The van der Waals surface area contributed by atoms with Gasteiger partial charge >= 0.3 is 0 Å². The number of anilines is 1. The maximum atomic E-state index is 13.1. The first-order valence-corrected chi connectivity index (χ1v) is 10.5. The lowest BCUT2D eigenvalue weighted by Gasteiger charge is -2.36. The van der Waals surface area contributed by atoms with Crippen molar-refractivity contribution in [1.82, 2.24) is 4.90 Å². The lowest BCUT2D eigenvalue weighted by molar-refractivity contribution is 0.0746. The number of hydrogen-bond acceptors (Lipinski definition) is 5. The summed E-state index contributed by atoms with van der Waals surface area (Å²) in [6.45, 7) is 7.44. The van der Waals surface area contributed by atoms with Gasteiger partial charge in [-0.3, -0.25) is 4.79 Å². The number of ether oxygens (including phenoxy) is 3. The van der Waals surface area contributed by atoms with Crippen LogP contribution in [0.2, 0.25) is 5.02 Å². The van der Waals surface area contributed by atoms with Crippen molar-refractivity contribution in [2.75, 3.05) is 51.9 Å². The molecule has 0 unspecified atom stereocenters. The van der Waals surface area contributed by atoms with Crippen molar-refractivity contribution in [3.8, 4) is 17.2 Å². The topological polar surface area (TPSA) is 51.2 Å². The third kappa shape index (κ3) is 5.11. The summed E-state index contributed by atoms with van der Waals surface area (Å²) in [5, 5.41) is 0.384. The molecule has 0 spiro atoms. The van der Waals surface area contributed by atoms with Gasteiger partial charge < -0.3 is 24.0 Å². The first-order chi connectivity index (χ1) is 14.4. The Morgan fingerprint density at radius 2 is 1.70 bits per heavy atom. The molecule has 6 nitrogen and oxygen atoms in total. The van der Waals surface area contributed by atoms with Crippen molar-refractivity contribution in [3.05, 3.63) is 47.0 Å². The normalized spacial score (nSPS) is 14.1. The molecule has 2 aromatic rings. The molecule has 0 radical (unpaired) electrons. The molecule has 0 aliphatic carbocycles. The number of amides is 1. The molecular weight excluding hydrogens is 404 g/mol. The molecular formula is C23H29ClN2O4. The van der Waals surface area contributed by atoms with Gasteiger partial charge in [-0.25, -0.2) is 0 Å². The Morgan fingerprint density at radius 1 is 1.03 bits per heavy atom. The van der Waals surface area contributed by atoms with Crippen LogP contribution in [-0.2, 0) is 0 Å². The highest BCUT2D eigenvalue weighted by Crippen LogP contribution is 2.37. The number of piperazine rings is 1. The van der Waals surface area contributed by atoms with Crippen molar-refractivity contribution >= 4 is 23.2 Å². The highest BCUT2D eigenvalue weighted by atomic mass is 35.5. The van der Waals surface area contributed by atoms with Crippen molar-refractivity contribution < 1.29 is 19.0 Å². The lowest BCUT2D eigenvalue weighted by atomic mass is 10.1. The fourth-order valence-corrected chi connectivity index (χ4v) is 3.64. The Morgan fingerprint density at radius 3 is 2.27 bits per heavy atom. The summed E-state index contributed by atoms with van der Waals surface area (Å²) in [4.78, 5) is 17.2. The van der Waals surface area contributed by atoms with E-state index in [1.54, 1.807) is 26.4 Å². The number of benzene rings is 2. The second kappa shape index (κ2) is 9.94. The van der Waals surface area contributed by atoms with Crippen LogP contribution in [0, 0.1) is 5.92 Å². The average Bonchev–Trinajstić information content (AvgIpc) is 2.77. The van der Waals surface area contributed by atoms with E-state index in [1.165, 1.54) is 0 Å². The smallest absolute Gasteiger partial charge is 0.254 e. The van der Waals surface area contributed by atoms with Crippen LogP contribution >= 0.6 is 11.6 Å². The van der Waals surface area contributed by atoms with Crippen LogP contribution in [0.4, 0.5) is 5.69 Å². The molecule has 1 heterocycles. The first-order valence-electron chi connectivity index (χ1n) is 10.1. The van der Waals surface area contributed by atoms with Gasteiger partial charge in [0.2, 0.25) is 0 Å². The monoisotopic (exact) mass is 432 g/mol. The number of carbonyl (C=O) groups is 1. The highest BCUT2D eigenvalue weighted by Gasteiger charge is 2.24. The largest absolute Gasteiger partial charge is 0.497 e. The van der Waals surface area contributed by atoms with Crippen LogP contribution in [0.5, 0.6) is 17.2 Å². The van der Waals surface area contributed by atoms with Gasteiger partial charge in [0.1, 0.15) is 5.75 Å². The van der Waals surface area contributed by atoms with Crippen LogP contribution in [0.15, 0.2) is 36.4 Å². The van der Waals surface area contributed by atoms with E-state index >= 15 is 0 Å². The molecule has 1 amide bonds. The van der Waals surface area contributed by atoms with Crippen LogP contribution < -0.4 is 19.1 Å². The van der Waals surface area contributed by atoms with Gasteiger partial charge in [0.15, 0.2) is 11.5 Å². The number of halogens is 1. The molecule has 1 fully saturated rings. The Labute approximate surface area is 183 Å². The van der Waals surface area contributed by atoms with E-state index in [4.69, 9.17) is 25.8 Å². The van der Waals surface area contributed by atoms with E-state index < -0.39 is 0 Å². The van der Waals surface area contributed by atoms with E-state index in [2.05, 4.69) is 18.7 Å². The standard InChI is InChI=1S/C23H29ClN2O4/c1-16(2)15-30-22-20(24)13-17(14-21(22)29-4)23(27)26-11-9-25(10-12-26)18-5-7-19(28-3)8-6-18/h5-8,13-14,16H,9-12,15H2,1-4H3. The van der Waals surface area contributed by atoms with Crippen molar-refractivity contribution in [3.63, 3.8) is 0 Å². The Hall–Kier alpha value is -2.60. The molecule has 7 heteroatoms. The first kappa shape index (κ1) is 22.1. The summed E-state index contributed by atoms with van der Waals surface area (Å²) in [6.07, 6.45) is 0. The molecule has 0 N–H and O–H groups in total. The van der Waals surface area contributed by atoms with Gasteiger partial charge in [0, 0.05) is 37.4 Å². The molecule has 0 saturated carbocycles. The third-order valence-electron chi connectivity index (χ3n) is 5.04. The summed E-state index contributed by atoms with van der Waals surface area (Å²) >= 11 is 6.41. The predicted molar refractivity (Wildman–Crippen MR) is 119 cm³/mol. The molecule has 0 atom stereocenters. The second-order valence-corrected chi connectivity index (χ2v) is 8.08. The van der Waals surface area contributed by atoms with E-state index in [1.807, 2.05) is 29.2 Å². The zero-order chi connectivity index (χ0) is 21.7. The quantitative estimate of drug-likeness (QED) is 0.650. The maximum absolute atomic E-state index is 13.1. The summed E-state index contributed by atoms with van der Waals surface area (Å²) < 4.78 is 16.4. The van der Waals surface area contributed by atoms with E-state index in [-0.39, 0.29) is 5.91 Å². The Bertz CT molecular complexity index is 862. The molecule has 0 bridgehead atoms. The van der Waals surface area contributed by atoms with Gasteiger partial charge in [0.05, 0.1) is 25.8 Å². The molecule has 2 aromatic carbocycles. The van der Waals surface area contributed by atoms with E-state index in [0.29, 0.717) is 47.7 Å². The SMILES string of the molecule is COc1ccc(N2CCN(C(=O)c3cc(Cl)c(OCC(C)C)c(OC)c3)CC2)cc1. The van der Waals surface area contributed by atoms with Crippen molar-refractivity contribution in [2.45, 2.75) is 13.8 Å². The van der Waals surface area contributed by atoms with E-state index in [0.717, 1.165) is 24.5 Å². The second-order valence-electron chi connectivity index (χ2n) is 7.67. The van der Waals surface area contributed by atoms with Gasteiger partial charge in [-0.05, 0) is 42.3 Å². The summed E-state index contributed by atoms with van der Waals surface area (Å²) in [5.74, 6) is 2.09. The molecule has 1 saturated heterocycles. The number of methoxy groups -OCH3 is 2. The maximum Gasteiger partial charge on any atom is 0.254 e. The van der Waals surface area contributed by atoms with Crippen LogP contribution in [0.1, 0.15) is 24.2 Å². The minimum atomic E-state index is -0.0556.